The highest BCUT2D eigenvalue weighted by atomic mass is 15.2. The topological polar surface area (TPSA) is 44.8 Å². The Labute approximate surface area is 165 Å². The average Bonchev–Trinajstić information content (AvgIpc) is 3.25. The molecule has 1 aliphatic rings. The van der Waals surface area contributed by atoms with Gasteiger partial charge in [0, 0.05) is 41.8 Å². The zero-order chi connectivity index (χ0) is 18.8. The van der Waals surface area contributed by atoms with Crippen molar-refractivity contribution in [2.75, 3.05) is 13.1 Å². The number of pyridine rings is 1. The molecule has 1 N–H and O–H groups in total. The quantitative estimate of drug-likeness (QED) is 0.551. The molecular formula is C24H24N4. The van der Waals surface area contributed by atoms with E-state index in [1.165, 1.54) is 40.6 Å². The summed E-state index contributed by atoms with van der Waals surface area (Å²) < 4.78 is 0. The molecule has 2 aromatic carbocycles. The number of rotatable bonds is 4. The summed E-state index contributed by atoms with van der Waals surface area (Å²) in [5.74, 6) is 0.494. The van der Waals surface area contributed by atoms with Crippen LogP contribution in [0, 0.1) is 0 Å². The van der Waals surface area contributed by atoms with Crippen LogP contribution in [0.1, 0.15) is 30.0 Å². The maximum absolute atomic E-state index is 4.43. The van der Waals surface area contributed by atoms with Crippen molar-refractivity contribution in [1.82, 2.24) is 20.1 Å². The molecule has 4 aromatic rings. The van der Waals surface area contributed by atoms with Crippen LogP contribution in [-0.4, -0.2) is 33.2 Å². The highest BCUT2D eigenvalue weighted by molar-refractivity contribution is 5.78. The number of benzene rings is 2. The number of piperidine rings is 1. The SMILES string of the molecule is c1ccc(-c2cn[nH]c2C2CCCN(Cc3ccc4ncccc4c3)C2)cc1. The van der Waals surface area contributed by atoms with Crippen molar-refractivity contribution in [2.24, 2.45) is 0 Å². The van der Waals surface area contributed by atoms with Crippen molar-refractivity contribution < 1.29 is 0 Å². The molecule has 1 saturated heterocycles. The van der Waals surface area contributed by atoms with E-state index in [1.807, 2.05) is 18.5 Å². The van der Waals surface area contributed by atoms with Crippen molar-refractivity contribution in [3.63, 3.8) is 0 Å². The van der Waals surface area contributed by atoms with E-state index in [4.69, 9.17) is 0 Å². The monoisotopic (exact) mass is 368 g/mol. The van der Waals surface area contributed by atoms with Crippen LogP contribution < -0.4 is 0 Å². The molecule has 1 aliphatic heterocycles. The summed E-state index contributed by atoms with van der Waals surface area (Å²) in [5, 5.41) is 8.88. The summed E-state index contributed by atoms with van der Waals surface area (Å²) in [6, 6.07) is 21.3. The fraction of sp³-hybridized carbons (Fsp3) is 0.250. The van der Waals surface area contributed by atoms with Crippen LogP contribution in [0.4, 0.5) is 0 Å². The molecule has 1 atom stereocenters. The minimum Gasteiger partial charge on any atom is -0.298 e. The summed E-state index contributed by atoms with van der Waals surface area (Å²) in [4.78, 5) is 7.00. The number of nitrogens with zero attached hydrogens (tertiary/aromatic N) is 3. The van der Waals surface area contributed by atoms with Gasteiger partial charge in [-0.3, -0.25) is 15.0 Å². The molecule has 0 bridgehead atoms. The third-order valence-corrected chi connectivity index (χ3v) is 5.74. The van der Waals surface area contributed by atoms with Crippen LogP contribution in [-0.2, 0) is 6.54 Å². The third-order valence-electron chi connectivity index (χ3n) is 5.74. The predicted octanol–water partition coefficient (Wildman–Crippen LogP) is 5.00. The zero-order valence-corrected chi connectivity index (χ0v) is 15.9. The Balaban J connectivity index is 1.35. The van der Waals surface area contributed by atoms with E-state index in [1.54, 1.807) is 0 Å². The van der Waals surface area contributed by atoms with Crippen molar-refractivity contribution in [1.29, 1.82) is 0 Å². The summed E-state index contributed by atoms with van der Waals surface area (Å²) in [7, 11) is 0. The molecular weight excluding hydrogens is 344 g/mol. The highest BCUT2D eigenvalue weighted by Crippen LogP contribution is 2.33. The van der Waals surface area contributed by atoms with Crippen LogP contribution in [0.3, 0.4) is 0 Å². The van der Waals surface area contributed by atoms with Crippen LogP contribution in [0.25, 0.3) is 22.0 Å². The van der Waals surface area contributed by atoms with Crippen molar-refractivity contribution in [3.05, 3.63) is 84.3 Å². The van der Waals surface area contributed by atoms with Gasteiger partial charge in [-0.2, -0.15) is 5.10 Å². The van der Waals surface area contributed by atoms with Crippen molar-refractivity contribution >= 4 is 10.9 Å². The minimum atomic E-state index is 0.494. The first-order valence-electron chi connectivity index (χ1n) is 10.0. The summed E-state index contributed by atoms with van der Waals surface area (Å²) in [6.45, 7) is 3.19. The van der Waals surface area contributed by atoms with E-state index in [2.05, 4.69) is 74.7 Å². The highest BCUT2D eigenvalue weighted by Gasteiger charge is 2.25. The van der Waals surface area contributed by atoms with Gasteiger partial charge in [0.25, 0.3) is 0 Å². The number of fused-ring (bicyclic) bond motifs is 1. The molecule has 28 heavy (non-hydrogen) atoms. The van der Waals surface area contributed by atoms with Gasteiger partial charge in [-0.15, -0.1) is 0 Å². The summed E-state index contributed by atoms with van der Waals surface area (Å²) in [6.07, 6.45) is 6.25. The van der Waals surface area contributed by atoms with Crippen LogP contribution in [0.15, 0.2) is 73.1 Å². The number of hydrogen-bond acceptors (Lipinski definition) is 3. The Hall–Kier alpha value is -2.98. The Morgan fingerprint density at radius 2 is 1.96 bits per heavy atom. The lowest BCUT2D eigenvalue weighted by Gasteiger charge is -2.32. The van der Waals surface area contributed by atoms with E-state index < -0.39 is 0 Å². The van der Waals surface area contributed by atoms with Crippen LogP contribution in [0.2, 0.25) is 0 Å². The van der Waals surface area contributed by atoms with Gasteiger partial charge in [-0.1, -0.05) is 42.5 Å². The third kappa shape index (κ3) is 3.43. The normalized spacial score (nSPS) is 17.8. The number of H-pyrrole nitrogens is 1. The Morgan fingerprint density at radius 1 is 1.04 bits per heavy atom. The lowest BCUT2D eigenvalue weighted by atomic mass is 9.90. The number of nitrogens with one attached hydrogen (secondary N) is 1. The van der Waals surface area contributed by atoms with Crippen LogP contribution in [0.5, 0.6) is 0 Å². The molecule has 4 nitrogen and oxygen atoms in total. The standard InChI is InChI=1S/C24H24N4/c1-2-6-19(7-3-1)22-15-26-27-24(22)21-9-5-13-28(17-21)16-18-10-11-23-20(14-18)8-4-12-25-23/h1-4,6-8,10-12,14-15,21H,5,9,13,16-17H2,(H,26,27). The zero-order valence-electron chi connectivity index (χ0n) is 15.9. The van der Waals surface area contributed by atoms with E-state index in [0.29, 0.717) is 5.92 Å². The van der Waals surface area contributed by atoms with Gasteiger partial charge >= 0.3 is 0 Å². The fourth-order valence-corrected chi connectivity index (χ4v) is 4.37. The Kier molecular flexibility index (Phi) is 4.63. The maximum Gasteiger partial charge on any atom is 0.0702 e. The second-order valence-electron chi connectivity index (χ2n) is 7.67. The first-order valence-corrected chi connectivity index (χ1v) is 10.0. The lowest BCUT2D eigenvalue weighted by molar-refractivity contribution is 0.198. The fourth-order valence-electron chi connectivity index (χ4n) is 4.37. The summed E-state index contributed by atoms with van der Waals surface area (Å²) >= 11 is 0. The largest absolute Gasteiger partial charge is 0.298 e. The molecule has 140 valence electrons. The van der Waals surface area contributed by atoms with Gasteiger partial charge in [-0.25, -0.2) is 0 Å². The van der Waals surface area contributed by atoms with Gasteiger partial charge in [-0.05, 0) is 48.7 Å². The molecule has 3 heterocycles. The van der Waals surface area contributed by atoms with E-state index in [0.717, 1.165) is 25.2 Å². The van der Waals surface area contributed by atoms with Crippen LogP contribution >= 0.6 is 0 Å². The smallest absolute Gasteiger partial charge is 0.0702 e. The van der Waals surface area contributed by atoms with Crippen molar-refractivity contribution in [2.45, 2.75) is 25.3 Å². The number of hydrogen-bond donors (Lipinski definition) is 1. The van der Waals surface area contributed by atoms with Gasteiger partial charge in [0.05, 0.1) is 11.7 Å². The number of aromatic nitrogens is 3. The predicted molar refractivity (Wildman–Crippen MR) is 113 cm³/mol. The molecule has 1 unspecified atom stereocenters. The number of aromatic amines is 1. The average molecular weight is 368 g/mol. The van der Waals surface area contributed by atoms with E-state index >= 15 is 0 Å². The molecule has 0 amide bonds. The summed E-state index contributed by atoms with van der Waals surface area (Å²) in [5.41, 5.74) is 6.18. The molecule has 1 fully saturated rings. The molecule has 0 radical (unpaired) electrons. The molecule has 2 aromatic heterocycles. The first kappa shape index (κ1) is 17.1. The lowest BCUT2D eigenvalue weighted by Crippen LogP contribution is -2.34. The molecule has 0 saturated carbocycles. The first-order chi connectivity index (χ1) is 13.9. The Bertz CT molecular complexity index is 1070. The van der Waals surface area contributed by atoms with Gasteiger partial charge in [0.15, 0.2) is 0 Å². The van der Waals surface area contributed by atoms with Gasteiger partial charge in [0.2, 0.25) is 0 Å². The van der Waals surface area contributed by atoms with E-state index in [9.17, 15) is 0 Å². The van der Waals surface area contributed by atoms with Gasteiger partial charge < -0.3 is 0 Å². The maximum atomic E-state index is 4.43. The Morgan fingerprint density at radius 3 is 2.89 bits per heavy atom. The number of likely N-dealkylation sites (tertiary alicyclic amines) is 1. The molecule has 0 aliphatic carbocycles. The molecule has 0 spiro atoms. The minimum absolute atomic E-state index is 0.494. The molecule has 5 rings (SSSR count). The second kappa shape index (κ2) is 7.56. The molecule has 4 heteroatoms. The van der Waals surface area contributed by atoms with E-state index in [-0.39, 0.29) is 0 Å². The van der Waals surface area contributed by atoms with Crippen molar-refractivity contribution in [3.8, 4) is 11.1 Å². The second-order valence-corrected chi connectivity index (χ2v) is 7.67. The van der Waals surface area contributed by atoms with Gasteiger partial charge in [0.1, 0.15) is 0 Å².